The van der Waals surface area contributed by atoms with E-state index >= 15 is 0 Å². The fraction of sp³-hybridized carbons (Fsp3) is 0.267. The number of hydrogen-bond acceptors (Lipinski definition) is 4. The SMILES string of the molecule is COc1ccccc1/C=C/CN(CCN1CCN(C(=O)c2ccc(Cl)c(Cl)c2)CC1)C(=O)c1ccc(F)cc1. The van der Waals surface area contributed by atoms with Crippen LogP contribution >= 0.6 is 23.2 Å². The number of carbonyl (C=O) groups excluding carboxylic acids is 2. The number of amides is 2. The highest BCUT2D eigenvalue weighted by atomic mass is 35.5. The van der Waals surface area contributed by atoms with E-state index in [4.69, 9.17) is 27.9 Å². The van der Waals surface area contributed by atoms with Crippen molar-refractivity contribution >= 4 is 41.1 Å². The van der Waals surface area contributed by atoms with E-state index in [9.17, 15) is 14.0 Å². The van der Waals surface area contributed by atoms with Crippen LogP contribution in [-0.4, -0.2) is 79.4 Å². The molecule has 3 aromatic carbocycles. The van der Waals surface area contributed by atoms with E-state index in [0.29, 0.717) is 67.0 Å². The molecule has 0 aromatic heterocycles. The number of rotatable bonds is 9. The van der Waals surface area contributed by atoms with Crippen molar-refractivity contribution in [2.24, 2.45) is 0 Å². The van der Waals surface area contributed by atoms with Crippen molar-refractivity contribution in [1.82, 2.24) is 14.7 Å². The Labute approximate surface area is 238 Å². The quantitative estimate of drug-likeness (QED) is 0.329. The van der Waals surface area contributed by atoms with Crippen LogP contribution in [0, 0.1) is 5.82 Å². The first kappa shape index (κ1) is 28.6. The summed E-state index contributed by atoms with van der Waals surface area (Å²) in [5.41, 5.74) is 1.85. The summed E-state index contributed by atoms with van der Waals surface area (Å²) in [7, 11) is 1.62. The highest BCUT2D eigenvalue weighted by molar-refractivity contribution is 6.42. The third kappa shape index (κ3) is 7.60. The zero-order valence-electron chi connectivity index (χ0n) is 21.7. The Balaban J connectivity index is 1.37. The van der Waals surface area contributed by atoms with Gasteiger partial charge in [-0.3, -0.25) is 14.5 Å². The number of benzene rings is 3. The number of piperazine rings is 1. The van der Waals surface area contributed by atoms with Crippen molar-refractivity contribution in [3.8, 4) is 5.75 Å². The van der Waals surface area contributed by atoms with Crippen LogP contribution in [0.15, 0.2) is 72.8 Å². The van der Waals surface area contributed by atoms with Gasteiger partial charge in [0.2, 0.25) is 0 Å². The number of carbonyl (C=O) groups is 2. The third-order valence-corrected chi connectivity index (χ3v) is 7.39. The maximum atomic E-state index is 13.4. The molecule has 0 N–H and O–H groups in total. The molecule has 1 fully saturated rings. The fourth-order valence-electron chi connectivity index (χ4n) is 4.41. The van der Waals surface area contributed by atoms with Crippen molar-refractivity contribution in [3.63, 3.8) is 0 Å². The van der Waals surface area contributed by atoms with E-state index in [2.05, 4.69) is 4.90 Å². The van der Waals surface area contributed by atoms with Gasteiger partial charge in [0.15, 0.2) is 0 Å². The van der Waals surface area contributed by atoms with Gasteiger partial charge in [-0.1, -0.05) is 53.6 Å². The molecule has 0 atom stereocenters. The van der Waals surface area contributed by atoms with E-state index in [1.807, 2.05) is 36.4 Å². The van der Waals surface area contributed by atoms with Crippen molar-refractivity contribution in [3.05, 3.63) is 105 Å². The van der Waals surface area contributed by atoms with Gasteiger partial charge in [-0.2, -0.15) is 0 Å². The highest BCUT2D eigenvalue weighted by Gasteiger charge is 2.24. The number of nitrogens with zero attached hydrogens (tertiary/aromatic N) is 3. The van der Waals surface area contributed by atoms with E-state index in [1.54, 1.807) is 35.1 Å². The highest BCUT2D eigenvalue weighted by Crippen LogP contribution is 2.24. The third-order valence-electron chi connectivity index (χ3n) is 6.65. The average molecular weight is 570 g/mol. The van der Waals surface area contributed by atoms with Crippen molar-refractivity contribution < 1.29 is 18.7 Å². The van der Waals surface area contributed by atoms with Gasteiger partial charge < -0.3 is 14.5 Å². The fourth-order valence-corrected chi connectivity index (χ4v) is 4.71. The van der Waals surface area contributed by atoms with Crippen LogP contribution < -0.4 is 4.74 Å². The Hall–Kier alpha value is -3.39. The molecule has 1 aliphatic heterocycles. The second-order valence-corrected chi connectivity index (χ2v) is 9.98. The minimum absolute atomic E-state index is 0.0807. The van der Waals surface area contributed by atoms with Gasteiger partial charge in [0.05, 0.1) is 17.2 Å². The number of halogens is 3. The lowest BCUT2D eigenvalue weighted by Crippen LogP contribution is -2.50. The summed E-state index contributed by atoms with van der Waals surface area (Å²) in [6.45, 7) is 4.00. The monoisotopic (exact) mass is 569 g/mol. The van der Waals surface area contributed by atoms with Crippen LogP contribution in [0.2, 0.25) is 10.0 Å². The number of methoxy groups -OCH3 is 1. The van der Waals surface area contributed by atoms with Gasteiger partial charge in [0.25, 0.3) is 11.8 Å². The molecular formula is C30H30Cl2FN3O3. The molecule has 0 saturated carbocycles. The first-order valence-electron chi connectivity index (χ1n) is 12.7. The van der Waals surface area contributed by atoms with Crippen LogP contribution in [0.25, 0.3) is 6.08 Å². The Bertz CT molecular complexity index is 1330. The molecule has 204 valence electrons. The summed E-state index contributed by atoms with van der Waals surface area (Å²) in [6.07, 6.45) is 3.85. The van der Waals surface area contributed by atoms with Gasteiger partial charge in [-0.15, -0.1) is 0 Å². The standard InChI is InChI=1S/C30H30Cl2FN3O3/c1-39-28-7-3-2-5-22(28)6-4-14-35(29(37)23-8-11-25(33)12-9-23)18-15-34-16-19-36(20-17-34)30(38)24-10-13-26(31)27(32)21-24/h2-13,21H,14-20H2,1H3/b6-4+. The summed E-state index contributed by atoms with van der Waals surface area (Å²) in [5, 5.41) is 0.766. The molecule has 0 unspecified atom stereocenters. The van der Waals surface area contributed by atoms with Crippen molar-refractivity contribution in [2.45, 2.75) is 0 Å². The molecule has 6 nitrogen and oxygen atoms in total. The van der Waals surface area contributed by atoms with Gasteiger partial charge in [0, 0.05) is 62.5 Å². The first-order valence-corrected chi connectivity index (χ1v) is 13.4. The molecule has 1 heterocycles. The lowest BCUT2D eigenvalue weighted by Gasteiger charge is -2.36. The average Bonchev–Trinajstić information content (AvgIpc) is 2.96. The molecular weight excluding hydrogens is 540 g/mol. The molecule has 0 radical (unpaired) electrons. The van der Waals surface area contributed by atoms with Gasteiger partial charge in [-0.25, -0.2) is 4.39 Å². The van der Waals surface area contributed by atoms with E-state index in [0.717, 1.165) is 11.3 Å². The minimum atomic E-state index is -0.387. The van der Waals surface area contributed by atoms with Gasteiger partial charge in [0.1, 0.15) is 11.6 Å². The Morgan fingerprint density at radius 1 is 0.949 bits per heavy atom. The molecule has 4 rings (SSSR count). The van der Waals surface area contributed by atoms with Crippen LogP contribution in [0.4, 0.5) is 4.39 Å². The smallest absolute Gasteiger partial charge is 0.254 e. The van der Waals surface area contributed by atoms with Crippen molar-refractivity contribution in [2.75, 3.05) is 52.9 Å². The molecule has 3 aromatic rings. The van der Waals surface area contributed by atoms with E-state index < -0.39 is 0 Å². The summed E-state index contributed by atoms with van der Waals surface area (Å²) >= 11 is 12.1. The summed E-state index contributed by atoms with van der Waals surface area (Å²) in [5.74, 6) is 0.108. The Morgan fingerprint density at radius 2 is 1.64 bits per heavy atom. The molecule has 39 heavy (non-hydrogen) atoms. The van der Waals surface area contributed by atoms with E-state index in [1.165, 1.54) is 24.3 Å². The largest absolute Gasteiger partial charge is 0.496 e. The topological polar surface area (TPSA) is 53.1 Å². The molecule has 0 spiro atoms. The van der Waals surface area contributed by atoms with Gasteiger partial charge in [-0.05, 0) is 48.5 Å². The Kier molecular flexibility index (Phi) is 9.98. The molecule has 0 aliphatic carbocycles. The summed E-state index contributed by atoms with van der Waals surface area (Å²) < 4.78 is 18.9. The zero-order valence-corrected chi connectivity index (χ0v) is 23.2. The van der Waals surface area contributed by atoms with Crippen LogP contribution in [-0.2, 0) is 0 Å². The summed E-state index contributed by atoms with van der Waals surface area (Å²) in [6, 6.07) is 18.1. The first-order chi connectivity index (χ1) is 18.9. The Morgan fingerprint density at radius 3 is 2.33 bits per heavy atom. The van der Waals surface area contributed by atoms with E-state index in [-0.39, 0.29) is 17.6 Å². The lowest BCUT2D eigenvalue weighted by atomic mass is 10.1. The minimum Gasteiger partial charge on any atom is -0.496 e. The normalized spacial score (nSPS) is 14.0. The molecule has 1 aliphatic rings. The second kappa shape index (κ2) is 13.6. The molecule has 9 heteroatoms. The van der Waals surface area contributed by atoms with Crippen molar-refractivity contribution in [1.29, 1.82) is 0 Å². The van der Waals surface area contributed by atoms with Crippen LogP contribution in [0.3, 0.4) is 0 Å². The molecule has 1 saturated heterocycles. The zero-order chi connectivity index (χ0) is 27.8. The second-order valence-electron chi connectivity index (χ2n) is 9.17. The van der Waals surface area contributed by atoms with Crippen LogP contribution in [0.1, 0.15) is 26.3 Å². The number of para-hydroxylation sites is 1. The maximum Gasteiger partial charge on any atom is 0.254 e. The van der Waals surface area contributed by atoms with Crippen LogP contribution in [0.5, 0.6) is 5.75 Å². The number of ether oxygens (including phenoxy) is 1. The molecule has 0 bridgehead atoms. The summed E-state index contributed by atoms with van der Waals surface area (Å²) in [4.78, 5) is 32.0. The maximum absolute atomic E-state index is 13.4. The lowest BCUT2D eigenvalue weighted by molar-refractivity contribution is 0.0609. The molecule has 2 amide bonds. The predicted octanol–water partition coefficient (Wildman–Crippen LogP) is 5.75. The predicted molar refractivity (Wildman–Crippen MR) is 153 cm³/mol. The number of hydrogen-bond donors (Lipinski definition) is 0. The van der Waals surface area contributed by atoms with Gasteiger partial charge >= 0.3 is 0 Å².